The molecular formula is C13H15F3N2O2. The summed E-state index contributed by atoms with van der Waals surface area (Å²) in [5.41, 5.74) is 0.580. The second-order valence-corrected chi connectivity index (χ2v) is 5.00. The predicted octanol–water partition coefficient (Wildman–Crippen LogP) is 2.21. The van der Waals surface area contributed by atoms with Crippen molar-refractivity contribution in [3.63, 3.8) is 0 Å². The Bertz CT molecular complexity index is 469. The van der Waals surface area contributed by atoms with Crippen LogP contribution in [-0.2, 0) is 9.59 Å². The maximum atomic E-state index is 12.5. The number of alkyl halides is 3. The Kier molecular flexibility index (Phi) is 4.93. The van der Waals surface area contributed by atoms with E-state index in [-0.39, 0.29) is 0 Å². The van der Waals surface area contributed by atoms with Crippen LogP contribution in [0.1, 0.15) is 26.7 Å². The molecule has 1 saturated carbocycles. The molecule has 1 atom stereocenters. The summed E-state index contributed by atoms with van der Waals surface area (Å²) >= 11 is 0. The third-order valence-electron chi connectivity index (χ3n) is 2.71. The van der Waals surface area contributed by atoms with E-state index in [9.17, 15) is 22.8 Å². The van der Waals surface area contributed by atoms with Crippen molar-refractivity contribution in [2.75, 3.05) is 6.54 Å². The quantitative estimate of drug-likeness (QED) is 0.575. The highest BCUT2D eigenvalue weighted by molar-refractivity contribution is 6.09. The van der Waals surface area contributed by atoms with Gasteiger partial charge in [-0.25, -0.2) is 0 Å². The molecule has 0 aromatic carbocycles. The Morgan fingerprint density at radius 1 is 1.40 bits per heavy atom. The molecule has 0 aliphatic heterocycles. The van der Waals surface area contributed by atoms with Gasteiger partial charge in [0.2, 0.25) is 5.91 Å². The maximum absolute atomic E-state index is 12.5. The zero-order valence-electron chi connectivity index (χ0n) is 11.2. The molecular weight excluding hydrogens is 273 g/mol. The number of carbonyl (C=O) groups is 2. The van der Waals surface area contributed by atoms with Crippen LogP contribution in [0.25, 0.3) is 0 Å². The van der Waals surface area contributed by atoms with Gasteiger partial charge >= 0.3 is 6.18 Å². The van der Waals surface area contributed by atoms with E-state index in [4.69, 9.17) is 5.26 Å². The van der Waals surface area contributed by atoms with Crippen molar-refractivity contribution in [3.05, 3.63) is 11.6 Å². The molecule has 0 saturated heterocycles. The summed E-state index contributed by atoms with van der Waals surface area (Å²) in [5, 5.41) is 8.90. The predicted molar refractivity (Wildman–Crippen MR) is 64.3 cm³/mol. The maximum Gasteiger partial charge on any atom is 0.406 e. The Morgan fingerprint density at radius 3 is 2.30 bits per heavy atom. The Balaban J connectivity index is 2.90. The molecule has 7 heteroatoms. The highest BCUT2D eigenvalue weighted by Gasteiger charge is 2.43. The molecule has 1 aliphatic rings. The smallest absolute Gasteiger partial charge is 0.329 e. The summed E-state index contributed by atoms with van der Waals surface area (Å²) in [6.07, 6.45) is -2.50. The largest absolute Gasteiger partial charge is 0.406 e. The number of nitrogens with zero attached hydrogens (tertiary/aromatic N) is 2. The molecule has 1 rings (SSSR count). The fourth-order valence-corrected chi connectivity index (χ4v) is 1.74. The number of nitriles is 1. The number of ketones is 1. The Morgan fingerprint density at radius 2 is 1.95 bits per heavy atom. The van der Waals surface area contributed by atoms with Crippen LogP contribution in [0.4, 0.5) is 13.2 Å². The van der Waals surface area contributed by atoms with Gasteiger partial charge in [-0.1, -0.05) is 5.57 Å². The molecule has 20 heavy (non-hydrogen) atoms. The number of amides is 1. The molecule has 0 aromatic heterocycles. The van der Waals surface area contributed by atoms with E-state index in [1.807, 2.05) is 0 Å². The van der Waals surface area contributed by atoms with Gasteiger partial charge in [-0.15, -0.1) is 0 Å². The summed E-state index contributed by atoms with van der Waals surface area (Å²) in [4.78, 5) is 24.3. The number of halogens is 3. The van der Waals surface area contributed by atoms with Crippen molar-refractivity contribution in [2.45, 2.75) is 38.9 Å². The molecule has 0 radical (unpaired) electrons. The van der Waals surface area contributed by atoms with Gasteiger partial charge in [0, 0.05) is 6.04 Å². The van der Waals surface area contributed by atoms with Crippen LogP contribution in [-0.4, -0.2) is 35.4 Å². The van der Waals surface area contributed by atoms with E-state index < -0.39 is 36.4 Å². The van der Waals surface area contributed by atoms with Gasteiger partial charge in [-0.3, -0.25) is 9.59 Å². The number of hydrogen-bond acceptors (Lipinski definition) is 3. The normalized spacial score (nSPS) is 16.0. The fourth-order valence-electron chi connectivity index (χ4n) is 1.74. The third kappa shape index (κ3) is 4.68. The average Bonchev–Trinajstić information content (AvgIpc) is 3.08. The zero-order valence-corrected chi connectivity index (χ0v) is 11.2. The molecule has 0 unspecified atom stereocenters. The lowest BCUT2D eigenvalue weighted by Gasteiger charge is -2.25. The van der Waals surface area contributed by atoms with Gasteiger partial charge in [-0.05, 0) is 32.8 Å². The first kappa shape index (κ1) is 16.2. The molecule has 110 valence electrons. The third-order valence-corrected chi connectivity index (χ3v) is 2.71. The van der Waals surface area contributed by atoms with Gasteiger partial charge in [0.05, 0.1) is 6.07 Å². The second-order valence-electron chi connectivity index (χ2n) is 5.00. The number of allylic oxidation sites excluding steroid dienone is 2. The number of hydrogen-bond donors (Lipinski definition) is 0. The molecule has 1 fully saturated rings. The van der Waals surface area contributed by atoms with Crippen molar-refractivity contribution < 1.29 is 22.8 Å². The SMILES string of the molecule is CC(C)=CC(=O)[C@H](C#N)C(=O)N(CC(F)(F)F)C1CC1. The standard InChI is InChI=1S/C13H15F3N2O2/c1-8(2)5-11(19)10(6-17)12(20)18(9-3-4-9)7-13(14,15)16/h5,9-10H,3-4,7H2,1-2H3/t10-/m0/s1. The number of carbonyl (C=O) groups excluding carboxylic acids is 2. The van der Waals surface area contributed by atoms with Crippen molar-refractivity contribution in [1.29, 1.82) is 5.26 Å². The second kappa shape index (κ2) is 6.07. The average molecular weight is 288 g/mol. The molecule has 1 amide bonds. The van der Waals surface area contributed by atoms with Crippen LogP contribution >= 0.6 is 0 Å². The summed E-state index contributed by atoms with van der Waals surface area (Å²) in [5.74, 6) is -3.53. The molecule has 0 spiro atoms. The van der Waals surface area contributed by atoms with Crippen molar-refractivity contribution in [2.24, 2.45) is 5.92 Å². The van der Waals surface area contributed by atoms with Crippen LogP contribution in [0.3, 0.4) is 0 Å². The molecule has 0 N–H and O–H groups in total. The summed E-state index contributed by atoms with van der Waals surface area (Å²) in [6.45, 7) is 1.78. The fraction of sp³-hybridized carbons (Fsp3) is 0.615. The van der Waals surface area contributed by atoms with Gasteiger partial charge in [0.1, 0.15) is 6.54 Å². The van der Waals surface area contributed by atoms with Crippen molar-refractivity contribution >= 4 is 11.7 Å². The minimum atomic E-state index is -4.54. The van der Waals surface area contributed by atoms with Crippen LogP contribution in [0.5, 0.6) is 0 Å². The molecule has 0 bridgehead atoms. The summed E-state index contributed by atoms with van der Waals surface area (Å²) in [6, 6.07) is 0.989. The molecule has 4 nitrogen and oxygen atoms in total. The Hall–Kier alpha value is -1.84. The monoisotopic (exact) mass is 288 g/mol. The van der Waals surface area contributed by atoms with Gasteiger partial charge in [0.25, 0.3) is 0 Å². The first-order valence-electron chi connectivity index (χ1n) is 6.11. The lowest BCUT2D eigenvalue weighted by molar-refractivity contribution is -0.164. The van der Waals surface area contributed by atoms with Crippen LogP contribution in [0.2, 0.25) is 0 Å². The van der Waals surface area contributed by atoms with Crippen LogP contribution < -0.4 is 0 Å². The Labute approximate surface area is 114 Å². The van der Waals surface area contributed by atoms with E-state index >= 15 is 0 Å². The lowest BCUT2D eigenvalue weighted by atomic mass is 10.0. The zero-order chi connectivity index (χ0) is 15.5. The van der Waals surface area contributed by atoms with Crippen molar-refractivity contribution in [1.82, 2.24) is 4.90 Å². The molecule has 1 aliphatic carbocycles. The molecule has 0 aromatic rings. The first-order chi connectivity index (χ1) is 9.15. The van der Waals surface area contributed by atoms with Gasteiger partial charge in [0.15, 0.2) is 11.7 Å². The van der Waals surface area contributed by atoms with Gasteiger partial charge in [-0.2, -0.15) is 18.4 Å². The van der Waals surface area contributed by atoms with E-state index in [1.54, 1.807) is 13.8 Å². The lowest BCUT2D eigenvalue weighted by Crippen LogP contribution is -2.45. The topological polar surface area (TPSA) is 61.2 Å². The highest BCUT2D eigenvalue weighted by Crippen LogP contribution is 2.31. The minimum absolute atomic E-state index is 0.469. The van der Waals surface area contributed by atoms with Crippen molar-refractivity contribution in [3.8, 4) is 6.07 Å². The van der Waals surface area contributed by atoms with E-state index in [0.717, 1.165) is 6.08 Å². The van der Waals surface area contributed by atoms with E-state index in [2.05, 4.69) is 0 Å². The van der Waals surface area contributed by atoms with Gasteiger partial charge < -0.3 is 4.90 Å². The first-order valence-corrected chi connectivity index (χ1v) is 6.11. The number of rotatable bonds is 5. The van der Waals surface area contributed by atoms with E-state index in [0.29, 0.717) is 23.3 Å². The molecule has 0 heterocycles. The summed E-state index contributed by atoms with van der Waals surface area (Å²) in [7, 11) is 0. The minimum Gasteiger partial charge on any atom is -0.329 e. The van der Waals surface area contributed by atoms with E-state index in [1.165, 1.54) is 6.07 Å². The van der Waals surface area contributed by atoms with Crippen LogP contribution in [0.15, 0.2) is 11.6 Å². The van der Waals surface area contributed by atoms with Crippen LogP contribution in [0, 0.1) is 17.2 Å². The summed E-state index contributed by atoms with van der Waals surface area (Å²) < 4.78 is 37.4. The highest BCUT2D eigenvalue weighted by atomic mass is 19.4.